The number of hydrogen-bond donors (Lipinski definition) is 0. The number of alkyl halides is 5. The molecule has 0 spiro atoms. The molecule has 0 N–H and O–H groups in total. The molecule has 0 atom stereocenters. The molecule has 0 rings (SSSR count). The van der Waals surface area contributed by atoms with Gasteiger partial charge in [-0.05, 0) is 13.3 Å². The van der Waals surface area contributed by atoms with Gasteiger partial charge in [0, 0.05) is 0 Å². The van der Waals surface area contributed by atoms with Crippen LogP contribution in [0.5, 0.6) is 0 Å². The van der Waals surface area contributed by atoms with Crippen molar-refractivity contribution in [1.29, 1.82) is 0 Å². The zero-order valence-corrected chi connectivity index (χ0v) is 7.72. The Hall–Kier alpha value is -0.350. The summed E-state index contributed by atoms with van der Waals surface area (Å²) in [6, 6.07) is 0. The molecule has 0 saturated heterocycles. The van der Waals surface area contributed by atoms with Crippen molar-refractivity contribution in [2.75, 3.05) is 27.5 Å². The zero-order valence-electron chi connectivity index (χ0n) is 7.72. The second kappa shape index (κ2) is 74.4. The summed E-state index contributed by atoms with van der Waals surface area (Å²) in [6.45, 7) is 1.08. The summed E-state index contributed by atoms with van der Waals surface area (Å²) in [5.74, 6) is 0. The molecule has 0 radical (unpaired) electrons. The van der Waals surface area contributed by atoms with Gasteiger partial charge in [0.15, 0.2) is 0 Å². The third-order valence-electron chi connectivity index (χ3n) is 0.189. The fourth-order valence-corrected chi connectivity index (χ4v) is 0. The maximum Gasteiger partial charge on any atom is 0.229 e. The van der Waals surface area contributed by atoms with Crippen molar-refractivity contribution in [3.63, 3.8) is 0 Å². The molecule has 80 valence electrons. The van der Waals surface area contributed by atoms with Crippen LogP contribution in [-0.2, 0) is 0 Å². The zero-order chi connectivity index (χ0) is 10.8. The first-order valence-corrected chi connectivity index (χ1v) is 3.36. The quantitative estimate of drug-likeness (QED) is 0.559. The van der Waals surface area contributed by atoms with Gasteiger partial charge in [-0.1, -0.05) is 6.92 Å². The second-order valence-corrected chi connectivity index (χ2v) is 1.06. The first-order chi connectivity index (χ1) is 5.74. The van der Waals surface area contributed by atoms with E-state index in [0.717, 1.165) is 0 Å². The predicted octanol–water partition coefficient (Wildman–Crippen LogP) is 3.81. The van der Waals surface area contributed by atoms with E-state index < -0.39 is 6.93 Å². The summed E-state index contributed by atoms with van der Waals surface area (Å²) in [5, 5.41) is 0. The van der Waals surface area contributed by atoms with Gasteiger partial charge in [-0.3, -0.25) is 13.2 Å². The lowest BCUT2D eigenvalue weighted by atomic mass is 10.6. The third-order valence-corrected chi connectivity index (χ3v) is 0.189. The van der Waals surface area contributed by atoms with Crippen LogP contribution in [-0.4, -0.2) is 27.5 Å². The van der Waals surface area contributed by atoms with E-state index in [0.29, 0.717) is 13.6 Å². The van der Waals surface area contributed by atoms with Crippen LogP contribution in [0, 0.1) is 0 Å². The van der Waals surface area contributed by atoms with Gasteiger partial charge in [0.25, 0.3) is 0 Å². The van der Waals surface area contributed by atoms with Gasteiger partial charge >= 0.3 is 0 Å². The van der Waals surface area contributed by atoms with Crippen LogP contribution in [0.1, 0.15) is 20.3 Å². The van der Waals surface area contributed by atoms with Crippen molar-refractivity contribution in [3.8, 4) is 0 Å². The molecular formula is C7H17F5. The van der Waals surface area contributed by atoms with Crippen LogP contribution in [0.25, 0.3) is 0 Å². The summed E-state index contributed by atoms with van der Waals surface area (Å²) in [7, 11) is 0.500. The Labute approximate surface area is 70.8 Å². The average molecular weight is 196 g/mol. The molecule has 0 nitrogen and oxygen atoms in total. The van der Waals surface area contributed by atoms with Gasteiger partial charge < -0.3 is 0 Å². The Morgan fingerprint density at radius 1 is 0.833 bits per heavy atom. The van der Waals surface area contributed by atoms with Crippen molar-refractivity contribution in [3.05, 3.63) is 0 Å². The van der Waals surface area contributed by atoms with Gasteiger partial charge in [0.1, 0.15) is 0 Å². The highest BCUT2D eigenvalue weighted by atomic mass is 19.3. The Morgan fingerprint density at radius 2 is 0.917 bits per heavy atom. The second-order valence-electron chi connectivity index (χ2n) is 1.06. The average Bonchev–Trinajstić information content (AvgIpc) is 2.10. The summed E-state index contributed by atoms with van der Waals surface area (Å²) >= 11 is 0. The SMILES string of the molecule is CCCF.CCF.CF.FCF. The molecule has 0 aliphatic carbocycles. The number of rotatable bonds is 1. The standard InChI is InChI=1S/C3H7F.C2H5F.CH2F2.CH3F/c1-2-3-4;1-2-3;2-1-3;1-2/h2-3H2,1H3;2H2,1H3;1H2;1H3. The van der Waals surface area contributed by atoms with E-state index >= 15 is 0 Å². The van der Waals surface area contributed by atoms with Gasteiger partial charge in [-0.15, -0.1) is 0 Å². The smallest absolute Gasteiger partial charge is 0.229 e. The molecule has 0 aromatic carbocycles. The Balaban J connectivity index is -0.0000000368. The highest BCUT2D eigenvalue weighted by molar-refractivity contribution is 4.11. The van der Waals surface area contributed by atoms with Crippen molar-refractivity contribution >= 4 is 0 Å². The van der Waals surface area contributed by atoms with Crippen LogP contribution >= 0.6 is 0 Å². The fraction of sp³-hybridized carbons (Fsp3) is 1.00. The minimum absolute atomic E-state index is 0.181. The molecule has 0 heterocycles. The molecule has 0 aromatic heterocycles. The minimum Gasteiger partial charge on any atom is -0.255 e. The van der Waals surface area contributed by atoms with E-state index in [9.17, 15) is 22.0 Å². The molecule has 12 heavy (non-hydrogen) atoms. The minimum atomic E-state index is -1.75. The van der Waals surface area contributed by atoms with Crippen LogP contribution in [0.4, 0.5) is 22.0 Å². The van der Waals surface area contributed by atoms with Gasteiger partial charge in [0.05, 0.1) is 20.5 Å². The summed E-state index contributed by atoms with van der Waals surface area (Å²) in [4.78, 5) is 0. The number of hydrogen-bond acceptors (Lipinski definition) is 0. The van der Waals surface area contributed by atoms with E-state index in [2.05, 4.69) is 0 Å². The lowest BCUT2D eigenvalue weighted by Crippen LogP contribution is -1.58. The van der Waals surface area contributed by atoms with E-state index in [4.69, 9.17) is 0 Å². The monoisotopic (exact) mass is 196 g/mol. The molecule has 0 fully saturated rings. The van der Waals surface area contributed by atoms with Crippen LogP contribution in [0.15, 0.2) is 0 Å². The maximum absolute atomic E-state index is 10.7. The first kappa shape index (κ1) is 22.6. The summed E-state index contributed by atoms with van der Waals surface area (Å²) < 4.78 is 49.8. The maximum atomic E-state index is 10.7. The molecule has 0 saturated carbocycles. The highest BCUT2D eigenvalue weighted by Gasteiger charge is 1.60. The van der Waals surface area contributed by atoms with Crippen LogP contribution in [0.2, 0.25) is 0 Å². The Kier molecular flexibility index (Phi) is 140. The van der Waals surface area contributed by atoms with Crippen molar-refractivity contribution in [1.82, 2.24) is 0 Å². The van der Waals surface area contributed by atoms with Crippen molar-refractivity contribution in [2.45, 2.75) is 20.3 Å². The van der Waals surface area contributed by atoms with Crippen LogP contribution in [0.3, 0.4) is 0 Å². The largest absolute Gasteiger partial charge is 0.255 e. The Bertz CT molecular complexity index is 23.8. The van der Waals surface area contributed by atoms with E-state index in [1.54, 1.807) is 6.92 Å². The molecule has 0 aliphatic rings. The normalized spacial score (nSPS) is 6.00. The molecule has 0 unspecified atom stereocenters. The predicted molar refractivity (Wildman–Crippen MR) is 42.0 cm³/mol. The lowest BCUT2D eigenvalue weighted by molar-refractivity contribution is 0.295. The topological polar surface area (TPSA) is 0 Å². The van der Waals surface area contributed by atoms with Crippen LogP contribution < -0.4 is 0 Å². The molecule has 5 heteroatoms. The summed E-state index contributed by atoms with van der Waals surface area (Å²) in [5.41, 5.74) is 0. The van der Waals surface area contributed by atoms with Gasteiger partial charge in [0.2, 0.25) is 6.93 Å². The lowest BCUT2D eigenvalue weighted by Gasteiger charge is -1.64. The van der Waals surface area contributed by atoms with Crippen molar-refractivity contribution in [2.24, 2.45) is 0 Å². The molecule has 0 aromatic rings. The van der Waals surface area contributed by atoms with Gasteiger partial charge in [-0.25, -0.2) is 8.78 Å². The van der Waals surface area contributed by atoms with Gasteiger partial charge in [-0.2, -0.15) is 0 Å². The number of halogens is 5. The van der Waals surface area contributed by atoms with E-state index in [1.807, 2.05) is 0 Å². The third kappa shape index (κ3) is 1710. The molecule has 0 aliphatic heterocycles. The molecule has 0 bridgehead atoms. The Morgan fingerprint density at radius 3 is 0.917 bits per heavy atom. The fourth-order valence-electron chi connectivity index (χ4n) is 0. The van der Waals surface area contributed by atoms with E-state index in [-0.39, 0.29) is 13.3 Å². The van der Waals surface area contributed by atoms with E-state index in [1.165, 1.54) is 6.92 Å². The molecule has 0 amide bonds. The summed E-state index contributed by atoms with van der Waals surface area (Å²) in [6.07, 6.45) is 0.653. The molecular weight excluding hydrogens is 179 g/mol. The van der Waals surface area contributed by atoms with Crippen molar-refractivity contribution < 1.29 is 22.0 Å². The highest BCUT2D eigenvalue weighted by Crippen LogP contribution is 1.69. The first-order valence-electron chi connectivity index (χ1n) is 3.36.